The van der Waals surface area contributed by atoms with Gasteiger partial charge in [-0.3, -0.25) is 0 Å². The highest BCUT2D eigenvalue weighted by molar-refractivity contribution is 5.91. The van der Waals surface area contributed by atoms with Crippen molar-refractivity contribution in [2.45, 2.75) is 97.8 Å². The minimum atomic E-state index is -0.157. The van der Waals surface area contributed by atoms with Gasteiger partial charge < -0.3 is 24.4 Å². The Bertz CT molecular complexity index is 942. The summed E-state index contributed by atoms with van der Waals surface area (Å²) in [7, 11) is 0. The molecular formula is C32H48N2O4. The zero-order valence-corrected chi connectivity index (χ0v) is 24.1. The molecule has 6 nitrogen and oxygen atoms in total. The van der Waals surface area contributed by atoms with Crippen LogP contribution in [0, 0.1) is 0 Å². The summed E-state index contributed by atoms with van der Waals surface area (Å²) in [4.78, 5) is 15.6. The number of amides is 2. The lowest BCUT2D eigenvalue weighted by atomic mass is 9.93. The molecule has 0 aliphatic carbocycles. The van der Waals surface area contributed by atoms with Crippen LogP contribution in [0.25, 0.3) is 0 Å². The number of unbranched alkanes of at least 4 members (excludes halogenated alkanes) is 4. The normalized spacial score (nSPS) is 13.9. The van der Waals surface area contributed by atoms with E-state index in [0.29, 0.717) is 44.6 Å². The molecule has 1 fully saturated rings. The molecule has 1 aliphatic rings. The molecule has 210 valence electrons. The summed E-state index contributed by atoms with van der Waals surface area (Å²) in [6, 6.07) is 14.4. The van der Waals surface area contributed by atoms with Crippen molar-refractivity contribution < 1.29 is 19.0 Å². The van der Waals surface area contributed by atoms with Gasteiger partial charge in [0.15, 0.2) is 6.29 Å². The standard InChI is InChI=1S/C32H48N2O4/c1-6-7-8-9-10-19-34(32(35)33-31-28(24(2)3)12-11-13-29(31)25(4)5)23-26-14-16-27(17-15-26)36-20-18-30-37-21-22-38-30/h11-17,24-25,30H,6-10,18-23H2,1-5H3,(H,33,35). The average Bonchev–Trinajstić information content (AvgIpc) is 3.42. The summed E-state index contributed by atoms with van der Waals surface area (Å²) in [5.41, 5.74) is 4.42. The molecule has 2 aromatic rings. The predicted molar refractivity (Wildman–Crippen MR) is 155 cm³/mol. The molecule has 0 aromatic heterocycles. The van der Waals surface area contributed by atoms with Crippen LogP contribution in [-0.2, 0) is 16.0 Å². The Morgan fingerprint density at radius 3 is 2.18 bits per heavy atom. The predicted octanol–water partition coefficient (Wildman–Crippen LogP) is 8.08. The Morgan fingerprint density at radius 2 is 1.58 bits per heavy atom. The van der Waals surface area contributed by atoms with E-state index >= 15 is 0 Å². The molecule has 1 N–H and O–H groups in total. The third kappa shape index (κ3) is 9.32. The molecule has 0 unspecified atom stereocenters. The molecule has 1 saturated heterocycles. The summed E-state index contributed by atoms with van der Waals surface area (Å²) >= 11 is 0. The number of rotatable bonds is 15. The van der Waals surface area contributed by atoms with E-state index in [1.54, 1.807) is 0 Å². The maximum Gasteiger partial charge on any atom is 0.322 e. The van der Waals surface area contributed by atoms with E-state index in [0.717, 1.165) is 36.4 Å². The number of hydrogen-bond donors (Lipinski definition) is 1. The summed E-state index contributed by atoms with van der Waals surface area (Å²) in [6.07, 6.45) is 6.36. The van der Waals surface area contributed by atoms with E-state index in [9.17, 15) is 4.79 Å². The van der Waals surface area contributed by atoms with Gasteiger partial charge in [-0.2, -0.15) is 0 Å². The number of nitrogens with zero attached hydrogens (tertiary/aromatic N) is 1. The molecule has 0 bridgehead atoms. The van der Waals surface area contributed by atoms with E-state index in [2.05, 4.69) is 70.3 Å². The SMILES string of the molecule is CCCCCCCN(Cc1ccc(OCCC2OCCO2)cc1)C(=O)Nc1c(C(C)C)cccc1C(C)C. The van der Waals surface area contributed by atoms with Crippen LogP contribution in [0.15, 0.2) is 42.5 Å². The van der Waals surface area contributed by atoms with Crippen LogP contribution >= 0.6 is 0 Å². The van der Waals surface area contributed by atoms with Crippen molar-refractivity contribution in [2.75, 3.05) is 31.7 Å². The van der Waals surface area contributed by atoms with Crippen LogP contribution < -0.4 is 10.1 Å². The maximum atomic E-state index is 13.7. The minimum absolute atomic E-state index is 0.0348. The number of ether oxygens (including phenoxy) is 3. The molecule has 0 spiro atoms. The average molecular weight is 525 g/mol. The lowest BCUT2D eigenvalue weighted by Gasteiger charge is -2.26. The van der Waals surface area contributed by atoms with Crippen LogP contribution in [0.2, 0.25) is 0 Å². The van der Waals surface area contributed by atoms with Gasteiger partial charge in [0.1, 0.15) is 5.75 Å². The zero-order chi connectivity index (χ0) is 27.3. The second-order valence-corrected chi connectivity index (χ2v) is 10.8. The summed E-state index contributed by atoms with van der Waals surface area (Å²) in [5.74, 6) is 1.46. The lowest BCUT2D eigenvalue weighted by molar-refractivity contribution is -0.0531. The highest BCUT2D eigenvalue weighted by Gasteiger charge is 2.20. The monoisotopic (exact) mass is 524 g/mol. The fourth-order valence-electron chi connectivity index (χ4n) is 4.80. The van der Waals surface area contributed by atoms with Gasteiger partial charge in [0.25, 0.3) is 0 Å². The molecule has 0 atom stereocenters. The van der Waals surface area contributed by atoms with E-state index in [4.69, 9.17) is 14.2 Å². The number of para-hydroxylation sites is 1. The number of hydrogen-bond acceptors (Lipinski definition) is 4. The Hall–Kier alpha value is -2.57. The summed E-state index contributed by atoms with van der Waals surface area (Å²) in [5, 5.41) is 3.32. The molecule has 2 aromatic carbocycles. The van der Waals surface area contributed by atoms with Crippen molar-refractivity contribution in [3.63, 3.8) is 0 Å². The van der Waals surface area contributed by atoms with Gasteiger partial charge >= 0.3 is 6.03 Å². The van der Waals surface area contributed by atoms with Crippen molar-refractivity contribution in [3.8, 4) is 5.75 Å². The van der Waals surface area contributed by atoms with Gasteiger partial charge in [-0.25, -0.2) is 4.79 Å². The number of nitrogens with one attached hydrogen (secondary N) is 1. The number of carbonyl (C=O) groups excluding carboxylic acids is 1. The molecule has 1 aliphatic heterocycles. The fourth-order valence-corrected chi connectivity index (χ4v) is 4.80. The van der Waals surface area contributed by atoms with Crippen molar-refractivity contribution in [1.29, 1.82) is 0 Å². The first-order valence-corrected chi connectivity index (χ1v) is 14.5. The Balaban J connectivity index is 1.67. The largest absolute Gasteiger partial charge is 0.493 e. The fraction of sp³-hybridized carbons (Fsp3) is 0.594. The van der Waals surface area contributed by atoms with Crippen molar-refractivity contribution >= 4 is 11.7 Å². The lowest BCUT2D eigenvalue weighted by Crippen LogP contribution is -2.36. The number of urea groups is 1. The molecule has 2 amide bonds. The topological polar surface area (TPSA) is 60.0 Å². The summed E-state index contributed by atoms with van der Waals surface area (Å²) < 4.78 is 16.8. The van der Waals surface area contributed by atoms with Gasteiger partial charge in [0.05, 0.1) is 19.8 Å². The highest BCUT2D eigenvalue weighted by atomic mass is 16.7. The van der Waals surface area contributed by atoms with Gasteiger partial charge in [-0.15, -0.1) is 0 Å². The first-order valence-electron chi connectivity index (χ1n) is 14.5. The van der Waals surface area contributed by atoms with Crippen molar-refractivity contribution in [2.24, 2.45) is 0 Å². The molecular weight excluding hydrogens is 476 g/mol. The van der Waals surface area contributed by atoms with E-state index in [-0.39, 0.29) is 12.3 Å². The first kappa shape index (κ1) is 30.0. The second-order valence-electron chi connectivity index (χ2n) is 10.8. The Morgan fingerprint density at radius 1 is 0.947 bits per heavy atom. The van der Waals surface area contributed by atoms with Crippen LogP contribution in [0.3, 0.4) is 0 Å². The quantitative estimate of drug-likeness (QED) is 0.239. The molecule has 38 heavy (non-hydrogen) atoms. The van der Waals surface area contributed by atoms with Gasteiger partial charge in [0, 0.05) is 25.2 Å². The van der Waals surface area contributed by atoms with E-state index in [1.165, 1.54) is 30.4 Å². The number of anilines is 1. The van der Waals surface area contributed by atoms with Crippen LogP contribution in [0.1, 0.15) is 102 Å². The minimum Gasteiger partial charge on any atom is -0.493 e. The molecule has 0 saturated carbocycles. The first-order chi connectivity index (χ1) is 18.4. The third-order valence-corrected chi connectivity index (χ3v) is 7.03. The molecule has 6 heteroatoms. The van der Waals surface area contributed by atoms with Crippen LogP contribution in [0.4, 0.5) is 10.5 Å². The van der Waals surface area contributed by atoms with Crippen LogP contribution in [0.5, 0.6) is 5.75 Å². The van der Waals surface area contributed by atoms with E-state index < -0.39 is 0 Å². The highest BCUT2D eigenvalue weighted by Crippen LogP contribution is 2.32. The van der Waals surface area contributed by atoms with Gasteiger partial charge in [-0.05, 0) is 47.1 Å². The summed E-state index contributed by atoms with van der Waals surface area (Å²) in [6.45, 7) is 14.1. The van der Waals surface area contributed by atoms with Crippen molar-refractivity contribution in [3.05, 3.63) is 59.2 Å². The smallest absolute Gasteiger partial charge is 0.322 e. The Kier molecular flexibility index (Phi) is 12.4. The van der Waals surface area contributed by atoms with Crippen LogP contribution in [-0.4, -0.2) is 43.6 Å². The Labute approximate surface area is 230 Å². The van der Waals surface area contributed by atoms with Gasteiger partial charge in [-0.1, -0.05) is 90.6 Å². The third-order valence-electron chi connectivity index (χ3n) is 7.03. The maximum absolute atomic E-state index is 13.7. The van der Waals surface area contributed by atoms with Crippen molar-refractivity contribution in [1.82, 2.24) is 4.90 Å². The molecule has 3 rings (SSSR count). The van der Waals surface area contributed by atoms with Gasteiger partial charge in [0.2, 0.25) is 0 Å². The molecule has 1 heterocycles. The van der Waals surface area contributed by atoms with E-state index in [1.807, 2.05) is 17.0 Å². The number of carbonyl (C=O) groups is 1. The second kappa shape index (κ2) is 15.7. The number of benzene rings is 2. The molecule has 0 radical (unpaired) electrons. The zero-order valence-electron chi connectivity index (χ0n) is 24.1.